The Hall–Kier alpha value is -3.08. The number of rotatable bonds is 1. The molecule has 0 saturated carbocycles. The fraction of sp³-hybridized carbons (Fsp3) is 0.158. The summed E-state index contributed by atoms with van der Waals surface area (Å²) in [5, 5.41) is 9.63. The number of phenols is 1. The van der Waals surface area contributed by atoms with Crippen molar-refractivity contribution >= 4 is 11.6 Å². The van der Waals surface area contributed by atoms with Gasteiger partial charge in [-0.2, -0.15) is 0 Å². The highest BCUT2D eigenvalue weighted by atomic mass is 16.5. The van der Waals surface area contributed by atoms with Gasteiger partial charge in [-0.1, -0.05) is 36.4 Å². The van der Waals surface area contributed by atoms with Crippen LogP contribution < -0.4 is 0 Å². The standard InChI is InChI=1S/C19H15NO4/c1-20-10-15(11-5-4-6-12(21)9-11)24-19(20)16-17(22)13-7-2-3-8-14(13)18(16)23/h2-9,15,21H,10H2,1H3/t15-/m0/s1. The topological polar surface area (TPSA) is 66.8 Å². The van der Waals surface area contributed by atoms with Crippen LogP contribution in [0.15, 0.2) is 60.0 Å². The highest BCUT2D eigenvalue weighted by Gasteiger charge is 2.40. The SMILES string of the molecule is CN1C[C@@H](c2cccc(O)c2)OC1=C1C(=O)c2ccccc2C1=O. The molecule has 1 atom stereocenters. The fourth-order valence-corrected chi connectivity index (χ4v) is 3.19. The van der Waals surface area contributed by atoms with Crippen molar-refractivity contribution in [2.45, 2.75) is 6.10 Å². The molecule has 2 aromatic rings. The molecule has 1 heterocycles. The first-order chi connectivity index (χ1) is 11.6. The van der Waals surface area contributed by atoms with Gasteiger partial charge in [-0.05, 0) is 17.7 Å². The van der Waals surface area contributed by atoms with Crippen LogP contribution in [0, 0.1) is 0 Å². The third kappa shape index (κ3) is 2.09. The Kier molecular flexibility index (Phi) is 3.16. The number of benzene rings is 2. The van der Waals surface area contributed by atoms with Crippen LogP contribution in [0.5, 0.6) is 5.75 Å². The molecule has 2 aliphatic rings. The number of allylic oxidation sites excluding steroid dienone is 1. The number of nitrogens with zero attached hydrogens (tertiary/aromatic N) is 1. The van der Waals surface area contributed by atoms with Crippen molar-refractivity contribution in [3.05, 3.63) is 76.7 Å². The average molecular weight is 321 g/mol. The minimum atomic E-state index is -0.339. The normalized spacial score (nSPS) is 19.7. The predicted octanol–water partition coefficient (Wildman–Crippen LogP) is 2.69. The third-order valence-corrected chi connectivity index (χ3v) is 4.37. The summed E-state index contributed by atoms with van der Waals surface area (Å²) in [6, 6.07) is 13.6. The second kappa shape index (κ2) is 5.23. The molecule has 1 aliphatic carbocycles. The molecule has 0 amide bonds. The fourth-order valence-electron chi connectivity index (χ4n) is 3.19. The van der Waals surface area contributed by atoms with Crippen LogP contribution in [0.2, 0.25) is 0 Å². The van der Waals surface area contributed by atoms with Gasteiger partial charge >= 0.3 is 0 Å². The maximum Gasteiger partial charge on any atom is 0.205 e. The highest BCUT2D eigenvalue weighted by molar-refractivity contribution is 6.39. The smallest absolute Gasteiger partial charge is 0.205 e. The predicted molar refractivity (Wildman–Crippen MR) is 86.7 cm³/mol. The summed E-state index contributed by atoms with van der Waals surface area (Å²) in [5.41, 5.74) is 1.72. The molecule has 2 aromatic carbocycles. The summed E-state index contributed by atoms with van der Waals surface area (Å²) < 4.78 is 5.92. The van der Waals surface area contributed by atoms with Crippen LogP contribution in [0.1, 0.15) is 32.4 Å². The van der Waals surface area contributed by atoms with Crippen LogP contribution in [0.4, 0.5) is 0 Å². The Balaban J connectivity index is 1.74. The van der Waals surface area contributed by atoms with E-state index in [2.05, 4.69) is 0 Å². The maximum absolute atomic E-state index is 12.6. The molecule has 24 heavy (non-hydrogen) atoms. The minimum Gasteiger partial charge on any atom is -0.508 e. The Morgan fingerprint density at radius 3 is 2.33 bits per heavy atom. The summed E-state index contributed by atoms with van der Waals surface area (Å²) in [4.78, 5) is 27.0. The number of Topliss-reactive ketones (excluding diaryl/α,β-unsaturated/α-hetero) is 2. The van der Waals surface area contributed by atoms with E-state index in [1.807, 2.05) is 6.07 Å². The van der Waals surface area contributed by atoms with Crippen molar-refractivity contribution in [2.24, 2.45) is 0 Å². The monoisotopic (exact) mass is 321 g/mol. The molecule has 5 heteroatoms. The van der Waals surface area contributed by atoms with Crippen LogP contribution >= 0.6 is 0 Å². The van der Waals surface area contributed by atoms with Gasteiger partial charge in [0.25, 0.3) is 0 Å². The van der Waals surface area contributed by atoms with E-state index in [-0.39, 0.29) is 29.0 Å². The number of carbonyl (C=O) groups excluding carboxylic acids is 2. The molecule has 0 spiro atoms. The minimum absolute atomic E-state index is 0.0846. The second-order valence-corrected chi connectivity index (χ2v) is 5.97. The van der Waals surface area contributed by atoms with Crippen LogP contribution in [-0.4, -0.2) is 35.2 Å². The number of likely N-dealkylation sites (N-methyl/N-ethyl adjacent to an activating group) is 1. The van der Waals surface area contributed by atoms with Crippen LogP contribution in [0.3, 0.4) is 0 Å². The molecule has 120 valence electrons. The van der Waals surface area contributed by atoms with Gasteiger partial charge in [0.1, 0.15) is 17.4 Å². The van der Waals surface area contributed by atoms with Gasteiger partial charge in [-0.25, -0.2) is 0 Å². The lowest BCUT2D eigenvalue weighted by molar-refractivity contribution is 0.0957. The molecule has 0 radical (unpaired) electrons. The quantitative estimate of drug-likeness (QED) is 0.646. The number of phenolic OH excluding ortho intramolecular Hbond substituents is 1. The first-order valence-corrected chi connectivity index (χ1v) is 7.65. The second-order valence-electron chi connectivity index (χ2n) is 5.97. The van der Waals surface area contributed by atoms with Gasteiger partial charge in [-0.15, -0.1) is 0 Å². The molecule has 5 nitrogen and oxygen atoms in total. The Labute approximate surface area is 138 Å². The van der Waals surface area contributed by atoms with E-state index in [9.17, 15) is 14.7 Å². The lowest BCUT2D eigenvalue weighted by Crippen LogP contribution is -2.17. The zero-order chi connectivity index (χ0) is 16.8. The molecule has 1 aliphatic heterocycles. The zero-order valence-electron chi connectivity index (χ0n) is 13.0. The summed E-state index contributed by atoms with van der Waals surface area (Å²) in [7, 11) is 1.79. The Morgan fingerprint density at radius 1 is 1.04 bits per heavy atom. The number of ketones is 2. The van der Waals surface area contributed by atoms with Crippen molar-refractivity contribution in [3.8, 4) is 5.75 Å². The molecule has 1 N–H and O–H groups in total. The average Bonchev–Trinajstić information content (AvgIpc) is 3.07. The van der Waals surface area contributed by atoms with E-state index in [0.29, 0.717) is 23.6 Å². The number of hydrogen-bond acceptors (Lipinski definition) is 5. The molecule has 1 fully saturated rings. The summed E-state index contributed by atoms with van der Waals surface area (Å²) in [6.07, 6.45) is -0.339. The molecule has 4 rings (SSSR count). The first-order valence-electron chi connectivity index (χ1n) is 7.65. The van der Waals surface area contributed by atoms with E-state index in [4.69, 9.17) is 4.74 Å². The van der Waals surface area contributed by atoms with Gasteiger partial charge in [-0.3, -0.25) is 9.59 Å². The van der Waals surface area contributed by atoms with Crippen LogP contribution in [0.25, 0.3) is 0 Å². The van der Waals surface area contributed by atoms with Crippen molar-refractivity contribution in [3.63, 3.8) is 0 Å². The van der Waals surface area contributed by atoms with E-state index >= 15 is 0 Å². The van der Waals surface area contributed by atoms with E-state index < -0.39 is 0 Å². The van der Waals surface area contributed by atoms with Crippen molar-refractivity contribution in [1.29, 1.82) is 0 Å². The van der Waals surface area contributed by atoms with E-state index in [1.54, 1.807) is 54.4 Å². The van der Waals surface area contributed by atoms with Gasteiger partial charge in [0.15, 0.2) is 0 Å². The van der Waals surface area contributed by atoms with Gasteiger partial charge in [0.05, 0.1) is 6.54 Å². The van der Waals surface area contributed by atoms with E-state index in [0.717, 1.165) is 5.56 Å². The summed E-state index contributed by atoms with van der Waals surface area (Å²) in [5.74, 6) is -0.141. The van der Waals surface area contributed by atoms with Crippen LogP contribution in [-0.2, 0) is 4.74 Å². The Morgan fingerprint density at radius 2 is 1.71 bits per heavy atom. The Bertz CT molecular complexity index is 863. The van der Waals surface area contributed by atoms with Gasteiger partial charge < -0.3 is 14.7 Å². The van der Waals surface area contributed by atoms with Crippen molar-refractivity contribution in [2.75, 3.05) is 13.6 Å². The van der Waals surface area contributed by atoms with Crippen molar-refractivity contribution in [1.82, 2.24) is 4.90 Å². The molecular formula is C19H15NO4. The molecule has 0 aromatic heterocycles. The number of hydrogen-bond donors (Lipinski definition) is 1. The van der Waals surface area contributed by atoms with E-state index in [1.165, 1.54) is 0 Å². The largest absolute Gasteiger partial charge is 0.508 e. The maximum atomic E-state index is 12.6. The molecular weight excluding hydrogens is 306 g/mol. The molecule has 0 bridgehead atoms. The lowest BCUT2D eigenvalue weighted by Gasteiger charge is -2.11. The van der Waals surface area contributed by atoms with Gasteiger partial charge in [0.2, 0.25) is 17.4 Å². The lowest BCUT2D eigenvalue weighted by atomic mass is 10.1. The number of carbonyl (C=O) groups is 2. The first kappa shape index (κ1) is 14.5. The number of aromatic hydroxyl groups is 1. The number of fused-ring (bicyclic) bond motifs is 1. The summed E-state index contributed by atoms with van der Waals surface area (Å²) in [6.45, 7) is 0.499. The molecule has 1 saturated heterocycles. The number of ether oxygens (including phenoxy) is 1. The zero-order valence-corrected chi connectivity index (χ0v) is 13.0. The summed E-state index contributed by atoms with van der Waals surface area (Å²) >= 11 is 0. The van der Waals surface area contributed by atoms with Gasteiger partial charge in [0, 0.05) is 18.2 Å². The molecule has 0 unspecified atom stereocenters. The third-order valence-electron chi connectivity index (χ3n) is 4.37. The van der Waals surface area contributed by atoms with Crippen molar-refractivity contribution < 1.29 is 19.4 Å². The highest BCUT2D eigenvalue weighted by Crippen LogP contribution is 2.37.